The van der Waals surface area contributed by atoms with Crippen molar-refractivity contribution in [3.63, 3.8) is 0 Å². The van der Waals surface area contributed by atoms with Crippen LogP contribution in [-0.2, 0) is 21.0 Å². The molecule has 2 atom stereocenters. The van der Waals surface area contributed by atoms with Gasteiger partial charge in [-0.05, 0) is 58.1 Å². The van der Waals surface area contributed by atoms with Gasteiger partial charge in [0, 0.05) is 0 Å². The number of aliphatic hydroxyl groups is 1. The molecule has 0 amide bonds. The highest BCUT2D eigenvalue weighted by atomic mass is 32.2. The van der Waals surface area contributed by atoms with Crippen LogP contribution < -0.4 is 0 Å². The maximum atomic E-state index is 13.0. The molecule has 0 fully saturated rings. The van der Waals surface area contributed by atoms with E-state index in [1.165, 1.54) is 57.8 Å². The molecule has 0 spiro atoms. The largest absolute Gasteiger partial charge is 0.616 e. The van der Waals surface area contributed by atoms with E-state index in [0.717, 1.165) is 38.5 Å². The first kappa shape index (κ1) is 33.2. The quantitative estimate of drug-likeness (QED) is 0.122. The van der Waals surface area contributed by atoms with Crippen LogP contribution in [0.3, 0.4) is 0 Å². The maximum absolute atomic E-state index is 13.0. The van der Waals surface area contributed by atoms with Crippen molar-refractivity contribution in [1.29, 1.82) is 0 Å². The van der Waals surface area contributed by atoms with E-state index in [1.54, 1.807) is 13.8 Å². The van der Waals surface area contributed by atoms with Crippen molar-refractivity contribution in [3.05, 3.63) is 0 Å². The molecule has 0 aliphatic rings. The zero-order valence-corrected chi connectivity index (χ0v) is 24.4. The van der Waals surface area contributed by atoms with Gasteiger partial charge in [-0.3, -0.25) is 0 Å². The lowest BCUT2D eigenvalue weighted by Gasteiger charge is -2.31. The van der Waals surface area contributed by atoms with Gasteiger partial charge in [0.05, 0.1) is 10.5 Å². The molecule has 0 aromatic rings. The minimum absolute atomic E-state index is 0.0379. The second kappa shape index (κ2) is 17.6. The standard InChI is InChI=1S/C27H56O4S2/c1-7-9-11-13-15-17-19-21-26(3,4)32(29)23-25(28)24-33(30,31)27(5,6)22-20-18-16-14-12-10-8-2/h25,28H,7-24H2,1-6H3. The highest BCUT2D eigenvalue weighted by Gasteiger charge is 2.38. The minimum Gasteiger partial charge on any atom is -0.616 e. The van der Waals surface area contributed by atoms with E-state index in [9.17, 15) is 18.1 Å². The van der Waals surface area contributed by atoms with E-state index in [1.807, 2.05) is 13.8 Å². The molecule has 6 heteroatoms. The highest BCUT2D eigenvalue weighted by Crippen LogP contribution is 2.28. The van der Waals surface area contributed by atoms with Gasteiger partial charge >= 0.3 is 0 Å². The van der Waals surface area contributed by atoms with E-state index in [4.69, 9.17) is 0 Å². The number of hydrogen-bond acceptors (Lipinski definition) is 4. The fraction of sp³-hybridized carbons (Fsp3) is 1.00. The Morgan fingerprint density at radius 3 is 1.58 bits per heavy atom. The van der Waals surface area contributed by atoms with Crippen molar-refractivity contribution in [2.24, 2.45) is 0 Å². The number of aliphatic hydroxyl groups excluding tert-OH is 1. The first-order valence-electron chi connectivity index (χ1n) is 13.7. The van der Waals surface area contributed by atoms with Gasteiger partial charge in [0.25, 0.3) is 0 Å². The SMILES string of the molecule is CCCCCCCCCC(C)(C)[S+]([O-])CC(O)CS(=O)(=O)C(C)(C)CCCCCCCCC. The second-order valence-corrected chi connectivity index (χ2v) is 16.0. The third-order valence-electron chi connectivity index (χ3n) is 6.98. The van der Waals surface area contributed by atoms with Crippen molar-refractivity contribution in [1.82, 2.24) is 0 Å². The van der Waals surface area contributed by atoms with E-state index >= 15 is 0 Å². The van der Waals surface area contributed by atoms with Crippen LogP contribution in [0.1, 0.15) is 144 Å². The molecule has 4 nitrogen and oxygen atoms in total. The molecule has 0 aliphatic heterocycles. The fourth-order valence-corrected chi connectivity index (χ4v) is 7.18. The summed E-state index contributed by atoms with van der Waals surface area (Å²) in [6, 6.07) is 0. The molecule has 0 heterocycles. The number of hydrogen-bond donors (Lipinski definition) is 1. The third kappa shape index (κ3) is 15.0. The Balaban J connectivity index is 4.40. The average molecular weight is 509 g/mol. The molecule has 0 saturated carbocycles. The van der Waals surface area contributed by atoms with Crippen molar-refractivity contribution in [2.75, 3.05) is 11.5 Å². The lowest BCUT2D eigenvalue weighted by Crippen LogP contribution is -2.43. The molecule has 0 bridgehead atoms. The van der Waals surface area contributed by atoms with Crippen LogP contribution in [0.4, 0.5) is 0 Å². The van der Waals surface area contributed by atoms with Gasteiger partial charge in [-0.15, -0.1) is 0 Å². The van der Waals surface area contributed by atoms with Gasteiger partial charge in [-0.1, -0.05) is 97.3 Å². The van der Waals surface area contributed by atoms with E-state index in [-0.39, 0.29) is 11.5 Å². The highest BCUT2D eigenvalue weighted by molar-refractivity contribution is 7.93. The maximum Gasteiger partial charge on any atom is 0.158 e. The van der Waals surface area contributed by atoms with E-state index < -0.39 is 36.6 Å². The second-order valence-electron chi connectivity index (χ2n) is 11.2. The van der Waals surface area contributed by atoms with Gasteiger partial charge in [-0.25, -0.2) is 8.42 Å². The third-order valence-corrected chi connectivity index (χ3v) is 11.8. The summed E-state index contributed by atoms with van der Waals surface area (Å²) in [5, 5.41) is 10.5. The van der Waals surface area contributed by atoms with E-state index in [0.29, 0.717) is 6.42 Å². The summed E-state index contributed by atoms with van der Waals surface area (Å²) < 4.78 is 37.6. The van der Waals surface area contributed by atoms with Crippen LogP contribution in [0, 0.1) is 0 Å². The predicted octanol–water partition coefficient (Wildman–Crippen LogP) is 7.35. The van der Waals surface area contributed by atoms with Gasteiger partial charge in [-0.2, -0.15) is 0 Å². The van der Waals surface area contributed by atoms with Crippen molar-refractivity contribution in [3.8, 4) is 0 Å². The van der Waals surface area contributed by atoms with Gasteiger partial charge in [0.1, 0.15) is 16.6 Å². The predicted molar refractivity (Wildman–Crippen MR) is 146 cm³/mol. The molecule has 0 aromatic carbocycles. The summed E-state index contributed by atoms with van der Waals surface area (Å²) in [7, 11) is -3.47. The summed E-state index contributed by atoms with van der Waals surface area (Å²) in [5.41, 5.74) is 0. The Morgan fingerprint density at radius 1 is 0.727 bits per heavy atom. The van der Waals surface area contributed by atoms with Crippen molar-refractivity contribution in [2.45, 2.75) is 160 Å². The van der Waals surface area contributed by atoms with E-state index in [2.05, 4.69) is 13.8 Å². The van der Waals surface area contributed by atoms with Crippen molar-refractivity contribution < 1.29 is 18.1 Å². The van der Waals surface area contributed by atoms with Crippen LogP contribution >= 0.6 is 0 Å². The topological polar surface area (TPSA) is 77.4 Å². The molecule has 1 N–H and O–H groups in total. The molecule has 0 radical (unpaired) electrons. The zero-order valence-electron chi connectivity index (χ0n) is 22.8. The molecule has 33 heavy (non-hydrogen) atoms. The molecule has 2 unspecified atom stereocenters. The summed E-state index contributed by atoms with van der Waals surface area (Å²) in [6.45, 7) is 11.9. The molecular formula is C27H56O4S2. The molecule has 0 aromatic heterocycles. The smallest absolute Gasteiger partial charge is 0.158 e. The normalized spacial score (nSPS) is 15.0. The van der Waals surface area contributed by atoms with Crippen LogP contribution in [0.15, 0.2) is 0 Å². The molecule has 0 rings (SSSR count). The molecule has 0 saturated heterocycles. The van der Waals surface area contributed by atoms with Crippen LogP contribution in [0.5, 0.6) is 0 Å². The average Bonchev–Trinajstić information content (AvgIpc) is 2.71. The van der Waals surface area contributed by atoms with Crippen LogP contribution in [-0.4, -0.2) is 45.2 Å². The number of rotatable bonds is 22. The Labute approximate surface area is 210 Å². The zero-order chi connectivity index (χ0) is 25.4. The Kier molecular flexibility index (Phi) is 17.7. The lowest BCUT2D eigenvalue weighted by atomic mass is 10.0. The first-order valence-corrected chi connectivity index (χ1v) is 16.7. The Bertz CT molecular complexity index is 573. The lowest BCUT2D eigenvalue weighted by molar-refractivity contribution is 0.218. The molecule has 200 valence electrons. The first-order chi connectivity index (χ1) is 15.4. The summed E-state index contributed by atoms with van der Waals surface area (Å²) in [6.07, 6.45) is 17.0. The van der Waals surface area contributed by atoms with Crippen LogP contribution in [0.25, 0.3) is 0 Å². The van der Waals surface area contributed by atoms with Crippen molar-refractivity contribution >= 4 is 21.0 Å². The monoisotopic (exact) mass is 508 g/mol. The van der Waals surface area contributed by atoms with Crippen LogP contribution in [0.2, 0.25) is 0 Å². The van der Waals surface area contributed by atoms with Gasteiger partial charge < -0.3 is 9.66 Å². The summed E-state index contributed by atoms with van der Waals surface area (Å²) in [5.74, 6) is -0.258. The van der Waals surface area contributed by atoms with Gasteiger partial charge in [0.15, 0.2) is 9.84 Å². The minimum atomic E-state index is -3.47. The summed E-state index contributed by atoms with van der Waals surface area (Å²) >= 11 is -1.26. The van der Waals surface area contributed by atoms with Gasteiger partial charge in [0.2, 0.25) is 0 Å². The molecular weight excluding hydrogens is 452 g/mol. The summed E-state index contributed by atoms with van der Waals surface area (Å²) in [4.78, 5) is 0. The number of unbranched alkanes of at least 4 members (excludes halogenated alkanes) is 12. The molecule has 0 aliphatic carbocycles. The Hall–Kier alpha value is 0.220. The fourth-order valence-electron chi connectivity index (χ4n) is 4.21. The Morgan fingerprint density at radius 2 is 1.12 bits per heavy atom. The number of sulfone groups is 1.